The third-order valence-corrected chi connectivity index (χ3v) is 3.88. The Labute approximate surface area is 144 Å². The van der Waals surface area contributed by atoms with E-state index in [4.69, 9.17) is 9.47 Å². The Balaban J connectivity index is 2.29. The smallest absolute Gasteiger partial charge is 0.308 e. The van der Waals surface area contributed by atoms with Crippen LogP contribution in [0.25, 0.3) is 5.57 Å². The molecule has 0 heterocycles. The van der Waals surface area contributed by atoms with Gasteiger partial charge in [0.25, 0.3) is 0 Å². The summed E-state index contributed by atoms with van der Waals surface area (Å²) in [6.07, 6.45) is 1.87. The van der Waals surface area contributed by atoms with Crippen molar-refractivity contribution >= 4 is 23.3 Å². The van der Waals surface area contributed by atoms with E-state index in [-0.39, 0.29) is 28.4 Å². The molecule has 1 aliphatic rings. The average Bonchev–Trinajstić information content (AvgIpc) is 2.54. The Kier molecular flexibility index (Phi) is 4.23. The number of rotatable bonds is 2. The predicted molar refractivity (Wildman–Crippen MR) is 91.7 cm³/mol. The SMILES string of the molecule is CC=C1c2cccc(OC(C)=O)c2C(=O)c2c(OC(C)=O)cccc21. The summed E-state index contributed by atoms with van der Waals surface area (Å²) < 4.78 is 10.4. The van der Waals surface area contributed by atoms with E-state index in [0.717, 1.165) is 5.57 Å². The molecule has 25 heavy (non-hydrogen) atoms. The molecule has 0 radical (unpaired) electrons. The van der Waals surface area contributed by atoms with E-state index in [0.29, 0.717) is 11.1 Å². The lowest BCUT2D eigenvalue weighted by Crippen LogP contribution is -2.19. The maximum Gasteiger partial charge on any atom is 0.308 e. The highest BCUT2D eigenvalue weighted by atomic mass is 16.5. The van der Waals surface area contributed by atoms with Crippen LogP contribution < -0.4 is 9.47 Å². The van der Waals surface area contributed by atoms with Gasteiger partial charge in [-0.2, -0.15) is 0 Å². The molecule has 2 aromatic carbocycles. The Bertz CT molecular complexity index is 866. The maximum atomic E-state index is 13.2. The molecular weight excluding hydrogens is 320 g/mol. The number of carbonyl (C=O) groups excluding carboxylic acids is 3. The fraction of sp³-hybridized carbons (Fsp3) is 0.150. The molecule has 5 heteroatoms. The fourth-order valence-corrected chi connectivity index (χ4v) is 3.04. The molecule has 126 valence electrons. The Hall–Kier alpha value is -3.21. The second kappa shape index (κ2) is 6.36. The van der Waals surface area contributed by atoms with E-state index in [1.807, 2.05) is 13.0 Å². The van der Waals surface area contributed by atoms with Crippen molar-refractivity contribution in [3.05, 3.63) is 64.7 Å². The van der Waals surface area contributed by atoms with Gasteiger partial charge in [-0.3, -0.25) is 14.4 Å². The van der Waals surface area contributed by atoms with Crippen molar-refractivity contribution in [2.45, 2.75) is 20.8 Å². The van der Waals surface area contributed by atoms with Crippen LogP contribution in [0.2, 0.25) is 0 Å². The summed E-state index contributed by atoms with van der Waals surface area (Å²) in [5.41, 5.74) is 2.75. The number of ether oxygens (including phenoxy) is 2. The molecular formula is C20H16O5. The van der Waals surface area contributed by atoms with E-state index in [2.05, 4.69) is 0 Å². The Morgan fingerprint density at radius 3 is 1.64 bits per heavy atom. The van der Waals surface area contributed by atoms with Crippen LogP contribution in [0, 0.1) is 0 Å². The summed E-state index contributed by atoms with van der Waals surface area (Å²) in [5.74, 6) is -0.982. The molecule has 0 spiro atoms. The second-order valence-electron chi connectivity index (χ2n) is 5.58. The number of esters is 2. The largest absolute Gasteiger partial charge is 0.426 e. The zero-order valence-corrected chi connectivity index (χ0v) is 14.1. The fourth-order valence-electron chi connectivity index (χ4n) is 3.04. The van der Waals surface area contributed by atoms with Crippen molar-refractivity contribution in [3.8, 4) is 11.5 Å². The lowest BCUT2D eigenvalue weighted by atomic mass is 9.80. The minimum atomic E-state index is -0.512. The lowest BCUT2D eigenvalue weighted by Gasteiger charge is -2.24. The van der Waals surface area contributed by atoms with Crippen LogP contribution in [-0.4, -0.2) is 17.7 Å². The summed E-state index contributed by atoms with van der Waals surface area (Å²) >= 11 is 0. The van der Waals surface area contributed by atoms with Crippen LogP contribution in [-0.2, 0) is 9.59 Å². The molecule has 0 aromatic heterocycles. The van der Waals surface area contributed by atoms with Crippen LogP contribution in [0.4, 0.5) is 0 Å². The van der Waals surface area contributed by atoms with E-state index in [9.17, 15) is 14.4 Å². The molecule has 0 N–H and O–H groups in total. The molecule has 0 fully saturated rings. The molecule has 0 amide bonds. The number of ketones is 1. The Morgan fingerprint density at radius 2 is 1.28 bits per heavy atom. The van der Waals surface area contributed by atoms with E-state index < -0.39 is 11.9 Å². The predicted octanol–water partition coefficient (Wildman–Crippen LogP) is 3.53. The van der Waals surface area contributed by atoms with Gasteiger partial charge in [0.1, 0.15) is 11.5 Å². The minimum absolute atomic E-state index is 0.192. The zero-order valence-electron chi connectivity index (χ0n) is 14.1. The monoisotopic (exact) mass is 336 g/mol. The molecule has 0 atom stereocenters. The highest BCUT2D eigenvalue weighted by molar-refractivity contribution is 6.21. The van der Waals surface area contributed by atoms with Crippen molar-refractivity contribution < 1.29 is 23.9 Å². The van der Waals surface area contributed by atoms with Gasteiger partial charge in [-0.05, 0) is 35.8 Å². The topological polar surface area (TPSA) is 69.7 Å². The average molecular weight is 336 g/mol. The van der Waals surface area contributed by atoms with Crippen molar-refractivity contribution in [1.29, 1.82) is 0 Å². The summed E-state index contributed by atoms with van der Waals surface area (Å²) in [5, 5.41) is 0. The van der Waals surface area contributed by atoms with Gasteiger partial charge in [-0.1, -0.05) is 30.3 Å². The van der Waals surface area contributed by atoms with Crippen molar-refractivity contribution in [2.75, 3.05) is 0 Å². The van der Waals surface area contributed by atoms with Gasteiger partial charge in [0, 0.05) is 13.8 Å². The number of hydrogen-bond acceptors (Lipinski definition) is 5. The number of carbonyl (C=O) groups is 3. The van der Waals surface area contributed by atoms with Gasteiger partial charge < -0.3 is 9.47 Å². The first-order valence-corrected chi connectivity index (χ1v) is 7.78. The van der Waals surface area contributed by atoms with Crippen LogP contribution >= 0.6 is 0 Å². The molecule has 1 aliphatic carbocycles. The van der Waals surface area contributed by atoms with Crippen molar-refractivity contribution in [2.24, 2.45) is 0 Å². The lowest BCUT2D eigenvalue weighted by molar-refractivity contribution is -0.132. The highest BCUT2D eigenvalue weighted by Gasteiger charge is 2.32. The normalized spacial score (nSPS) is 12.1. The minimum Gasteiger partial charge on any atom is -0.426 e. The molecule has 0 saturated heterocycles. The van der Waals surface area contributed by atoms with E-state index in [1.54, 1.807) is 36.4 Å². The molecule has 0 bridgehead atoms. The van der Waals surface area contributed by atoms with E-state index in [1.165, 1.54) is 13.8 Å². The third kappa shape index (κ3) is 2.85. The van der Waals surface area contributed by atoms with Gasteiger partial charge in [0.05, 0.1) is 11.1 Å². The first-order chi connectivity index (χ1) is 11.9. The number of fused-ring (bicyclic) bond motifs is 2. The van der Waals surface area contributed by atoms with E-state index >= 15 is 0 Å². The molecule has 0 unspecified atom stereocenters. The Morgan fingerprint density at radius 1 is 0.840 bits per heavy atom. The summed E-state index contributed by atoms with van der Waals surface area (Å²) in [6.45, 7) is 4.42. The standard InChI is InChI=1S/C20H16O5/c1-4-13-14-7-5-9-16(24-11(2)21)18(14)20(23)19-15(13)8-6-10-17(19)25-12(3)22/h4-10H,1-3H3. The summed E-state index contributed by atoms with van der Waals surface area (Å²) in [6, 6.07) is 10.2. The highest BCUT2D eigenvalue weighted by Crippen LogP contribution is 2.42. The number of benzene rings is 2. The van der Waals surface area contributed by atoms with Crippen LogP contribution in [0.5, 0.6) is 11.5 Å². The molecule has 5 nitrogen and oxygen atoms in total. The first kappa shape index (κ1) is 16.6. The molecule has 3 rings (SSSR count). The summed E-state index contributed by atoms with van der Waals surface area (Å²) in [7, 11) is 0. The second-order valence-corrected chi connectivity index (χ2v) is 5.58. The molecule has 0 aliphatic heterocycles. The van der Waals surface area contributed by atoms with Crippen LogP contribution in [0.15, 0.2) is 42.5 Å². The molecule has 2 aromatic rings. The van der Waals surface area contributed by atoms with Gasteiger partial charge in [-0.15, -0.1) is 0 Å². The van der Waals surface area contributed by atoms with Crippen molar-refractivity contribution in [1.82, 2.24) is 0 Å². The van der Waals surface area contributed by atoms with Gasteiger partial charge >= 0.3 is 11.9 Å². The van der Waals surface area contributed by atoms with Gasteiger partial charge in [-0.25, -0.2) is 0 Å². The third-order valence-electron chi connectivity index (χ3n) is 3.88. The van der Waals surface area contributed by atoms with Gasteiger partial charge in [0.15, 0.2) is 0 Å². The summed E-state index contributed by atoms with van der Waals surface area (Å²) in [4.78, 5) is 36.0. The molecule has 0 saturated carbocycles. The maximum absolute atomic E-state index is 13.2. The van der Waals surface area contributed by atoms with Crippen LogP contribution in [0.1, 0.15) is 47.8 Å². The van der Waals surface area contributed by atoms with Crippen LogP contribution in [0.3, 0.4) is 0 Å². The van der Waals surface area contributed by atoms with Crippen molar-refractivity contribution in [3.63, 3.8) is 0 Å². The quantitative estimate of drug-likeness (QED) is 0.529. The first-order valence-electron chi connectivity index (χ1n) is 7.78. The number of allylic oxidation sites excluding steroid dienone is 1. The number of hydrogen-bond donors (Lipinski definition) is 0. The zero-order chi connectivity index (χ0) is 18.1. The van der Waals surface area contributed by atoms with Gasteiger partial charge in [0.2, 0.25) is 5.78 Å².